The van der Waals surface area contributed by atoms with Gasteiger partial charge in [-0.05, 0) is 70.4 Å². The van der Waals surface area contributed by atoms with Crippen molar-refractivity contribution in [1.29, 1.82) is 0 Å². The van der Waals surface area contributed by atoms with Crippen molar-refractivity contribution in [3.05, 3.63) is 41.9 Å². The van der Waals surface area contributed by atoms with Crippen molar-refractivity contribution in [1.82, 2.24) is 25.3 Å². The van der Waals surface area contributed by atoms with E-state index < -0.39 is 21.4 Å². The molecule has 2 aromatic heterocycles. The number of nitrogens with one attached hydrogen (secondary N) is 4. The minimum Gasteiger partial charge on any atom is -0.453 e. The molecule has 4 rings (SSSR count). The number of amides is 1. The van der Waals surface area contributed by atoms with Crippen LogP contribution in [0.15, 0.2) is 30.5 Å². The Bertz CT molecular complexity index is 1380. The first kappa shape index (κ1) is 26.4. The average Bonchev–Trinajstić information content (AvgIpc) is 3.60. The standard InChI is InChI=1S/C25H33N7O4S/c1-14(2)37(34,35)32-19-11-15(3)10-18(12-19)21-22(31-23(30-21)17-6-7-17)20-8-9-26-24(29-20)27-13-16(4)28-25(33)36-5/h8-12,14,16-17,32H,6-7,13H2,1-5H3,(H,28,33)(H,30,31)(H,26,27,29)/t16-/m0/s1. The van der Waals surface area contributed by atoms with E-state index in [-0.39, 0.29) is 6.04 Å². The van der Waals surface area contributed by atoms with Crippen LogP contribution in [0.3, 0.4) is 0 Å². The van der Waals surface area contributed by atoms with Gasteiger partial charge in [-0.1, -0.05) is 0 Å². The maximum absolute atomic E-state index is 12.5. The zero-order valence-electron chi connectivity index (χ0n) is 21.6. The molecule has 198 valence electrons. The number of benzene rings is 1. The van der Waals surface area contributed by atoms with Crippen LogP contribution < -0.4 is 15.4 Å². The molecule has 0 radical (unpaired) electrons. The number of aromatic amines is 1. The van der Waals surface area contributed by atoms with Crippen molar-refractivity contribution in [2.24, 2.45) is 0 Å². The molecule has 37 heavy (non-hydrogen) atoms. The van der Waals surface area contributed by atoms with Crippen LogP contribution in [0.5, 0.6) is 0 Å². The van der Waals surface area contributed by atoms with Crippen molar-refractivity contribution in [3.8, 4) is 22.6 Å². The molecule has 11 nitrogen and oxygen atoms in total. The summed E-state index contributed by atoms with van der Waals surface area (Å²) in [6.45, 7) is 7.44. The molecular weight excluding hydrogens is 494 g/mol. The van der Waals surface area contributed by atoms with Gasteiger partial charge >= 0.3 is 6.09 Å². The number of sulfonamides is 1. The smallest absolute Gasteiger partial charge is 0.407 e. The maximum Gasteiger partial charge on any atom is 0.407 e. The summed E-state index contributed by atoms with van der Waals surface area (Å²) >= 11 is 0. The molecule has 1 saturated carbocycles. The van der Waals surface area contributed by atoms with Crippen molar-refractivity contribution in [2.45, 2.75) is 57.7 Å². The van der Waals surface area contributed by atoms with Gasteiger partial charge in [-0.15, -0.1) is 0 Å². The summed E-state index contributed by atoms with van der Waals surface area (Å²) in [5.74, 6) is 1.67. The zero-order valence-corrected chi connectivity index (χ0v) is 22.4. The maximum atomic E-state index is 12.5. The monoisotopic (exact) mass is 527 g/mol. The first-order chi connectivity index (χ1) is 17.6. The highest BCUT2D eigenvalue weighted by molar-refractivity contribution is 7.93. The molecule has 2 heterocycles. The molecule has 3 aromatic rings. The molecule has 0 saturated heterocycles. The Kier molecular flexibility index (Phi) is 7.67. The van der Waals surface area contributed by atoms with Gasteiger partial charge in [0.1, 0.15) is 5.82 Å². The Morgan fingerprint density at radius 1 is 1.19 bits per heavy atom. The third kappa shape index (κ3) is 6.56. The molecule has 1 aliphatic carbocycles. The third-order valence-corrected chi connectivity index (χ3v) is 7.71. The number of imidazole rings is 1. The van der Waals surface area contributed by atoms with Gasteiger partial charge in [-0.3, -0.25) is 4.72 Å². The van der Waals surface area contributed by atoms with E-state index in [0.717, 1.165) is 35.5 Å². The second-order valence-electron chi connectivity index (χ2n) is 9.59. The van der Waals surface area contributed by atoms with Crippen molar-refractivity contribution < 1.29 is 17.9 Å². The molecular formula is C25H33N7O4S. The van der Waals surface area contributed by atoms with Crippen molar-refractivity contribution in [2.75, 3.05) is 23.7 Å². The molecule has 1 atom stereocenters. The van der Waals surface area contributed by atoms with Crippen LogP contribution in [-0.2, 0) is 14.8 Å². The second-order valence-corrected chi connectivity index (χ2v) is 11.8. The number of alkyl carbamates (subject to hydrolysis) is 1. The minimum atomic E-state index is -3.50. The average molecular weight is 528 g/mol. The number of H-pyrrole nitrogens is 1. The van der Waals surface area contributed by atoms with Crippen LogP contribution in [0, 0.1) is 6.92 Å². The molecule has 1 aliphatic rings. The fraction of sp³-hybridized carbons (Fsp3) is 0.440. The highest BCUT2D eigenvalue weighted by Gasteiger charge is 2.29. The predicted molar refractivity (Wildman–Crippen MR) is 143 cm³/mol. The van der Waals surface area contributed by atoms with E-state index in [1.54, 1.807) is 38.2 Å². The van der Waals surface area contributed by atoms with Crippen LogP contribution in [0.25, 0.3) is 22.6 Å². The van der Waals surface area contributed by atoms with E-state index >= 15 is 0 Å². The van der Waals surface area contributed by atoms with Gasteiger partial charge < -0.3 is 20.4 Å². The minimum absolute atomic E-state index is 0.204. The molecule has 1 fully saturated rings. The summed E-state index contributed by atoms with van der Waals surface area (Å²) in [7, 11) is -2.18. The number of hydrogen-bond acceptors (Lipinski definition) is 8. The lowest BCUT2D eigenvalue weighted by atomic mass is 10.0. The number of methoxy groups -OCH3 is 1. The number of nitrogens with zero attached hydrogens (tertiary/aromatic N) is 3. The van der Waals surface area contributed by atoms with Crippen LogP contribution in [0.4, 0.5) is 16.4 Å². The molecule has 0 bridgehead atoms. The molecule has 0 aliphatic heterocycles. The van der Waals surface area contributed by atoms with Crippen LogP contribution in [0.1, 0.15) is 50.9 Å². The first-order valence-corrected chi connectivity index (χ1v) is 13.8. The van der Waals surface area contributed by atoms with Gasteiger partial charge in [0.25, 0.3) is 0 Å². The lowest BCUT2D eigenvalue weighted by Gasteiger charge is -2.14. The summed E-state index contributed by atoms with van der Waals surface area (Å²) < 4.78 is 32.3. The highest BCUT2D eigenvalue weighted by Crippen LogP contribution is 2.42. The van der Waals surface area contributed by atoms with E-state index in [0.29, 0.717) is 35.5 Å². The number of rotatable bonds is 10. The fourth-order valence-electron chi connectivity index (χ4n) is 3.74. The number of hydrogen-bond donors (Lipinski definition) is 4. The molecule has 12 heteroatoms. The summed E-state index contributed by atoms with van der Waals surface area (Å²) in [5, 5.41) is 5.27. The number of carbonyl (C=O) groups excluding carboxylic acids is 1. The summed E-state index contributed by atoms with van der Waals surface area (Å²) in [6.07, 6.45) is 3.29. The molecule has 1 aromatic carbocycles. The number of aromatic nitrogens is 4. The number of carbonyl (C=O) groups is 1. The van der Waals surface area contributed by atoms with Gasteiger partial charge in [-0.2, -0.15) is 0 Å². The molecule has 1 amide bonds. The Morgan fingerprint density at radius 3 is 2.62 bits per heavy atom. The lowest BCUT2D eigenvalue weighted by Crippen LogP contribution is -2.37. The summed E-state index contributed by atoms with van der Waals surface area (Å²) in [5.41, 5.74) is 4.24. The highest BCUT2D eigenvalue weighted by atomic mass is 32.2. The van der Waals surface area contributed by atoms with E-state index in [1.165, 1.54) is 7.11 Å². The fourth-order valence-corrected chi connectivity index (χ4v) is 4.42. The molecule has 0 spiro atoms. The number of anilines is 2. The van der Waals surface area contributed by atoms with Crippen LogP contribution >= 0.6 is 0 Å². The molecule has 4 N–H and O–H groups in total. The van der Waals surface area contributed by atoms with Gasteiger partial charge in [0.15, 0.2) is 0 Å². The van der Waals surface area contributed by atoms with E-state index in [2.05, 4.69) is 35.0 Å². The van der Waals surface area contributed by atoms with Gasteiger partial charge in [0.05, 0.1) is 29.4 Å². The van der Waals surface area contributed by atoms with E-state index in [9.17, 15) is 13.2 Å². The Balaban J connectivity index is 1.66. The SMILES string of the molecule is COC(=O)N[C@@H](C)CNc1nccc(-c2[nH]c(C3CC3)nc2-c2cc(C)cc(NS(=O)(=O)C(C)C)c2)n1. The van der Waals surface area contributed by atoms with Crippen molar-refractivity contribution in [3.63, 3.8) is 0 Å². The van der Waals surface area contributed by atoms with Gasteiger partial charge in [-0.25, -0.2) is 28.2 Å². The Morgan fingerprint density at radius 2 is 1.95 bits per heavy atom. The lowest BCUT2D eigenvalue weighted by molar-refractivity contribution is 0.168. The van der Waals surface area contributed by atoms with Gasteiger partial charge in [0, 0.05) is 36.0 Å². The topological polar surface area (TPSA) is 151 Å². The van der Waals surface area contributed by atoms with Crippen LogP contribution in [-0.4, -0.2) is 59.4 Å². The summed E-state index contributed by atoms with van der Waals surface area (Å²) in [6, 6.07) is 7.17. The number of aryl methyl sites for hydroxylation is 1. The zero-order chi connectivity index (χ0) is 26.7. The second kappa shape index (κ2) is 10.8. The van der Waals surface area contributed by atoms with E-state index in [4.69, 9.17) is 4.98 Å². The quantitative estimate of drug-likeness (QED) is 0.309. The van der Waals surface area contributed by atoms with E-state index in [1.807, 2.05) is 19.9 Å². The number of ether oxygens (including phenoxy) is 1. The molecule has 0 unspecified atom stereocenters. The first-order valence-electron chi connectivity index (χ1n) is 12.2. The van der Waals surface area contributed by atoms with Gasteiger partial charge in [0.2, 0.25) is 16.0 Å². The Labute approximate surface area is 216 Å². The van der Waals surface area contributed by atoms with Crippen LogP contribution in [0.2, 0.25) is 0 Å². The Hall–Kier alpha value is -3.67. The van der Waals surface area contributed by atoms with Crippen molar-refractivity contribution >= 4 is 27.8 Å². The predicted octanol–water partition coefficient (Wildman–Crippen LogP) is 4.03. The summed E-state index contributed by atoms with van der Waals surface area (Å²) in [4.78, 5) is 28.7. The largest absolute Gasteiger partial charge is 0.453 e. The third-order valence-electron chi connectivity index (χ3n) is 5.95. The normalized spacial score (nSPS) is 14.3.